The zero-order valence-corrected chi connectivity index (χ0v) is 6.85. The Hall–Kier alpha value is -0.600. The summed E-state index contributed by atoms with van der Waals surface area (Å²) in [4.78, 5) is 10.0. The molecular weight excluding hydrogens is 146 g/mol. The molecule has 1 unspecified atom stereocenters. The minimum atomic E-state index is -0.925. The van der Waals surface area contributed by atoms with Gasteiger partial charge in [0.15, 0.2) is 0 Å². The molecule has 0 saturated carbocycles. The van der Waals surface area contributed by atoms with Gasteiger partial charge in [0.25, 0.3) is 0 Å². The number of halogens is 1. The molecule has 0 rings (SSSR count). The highest BCUT2D eigenvalue weighted by atomic mass is 18.2. The van der Waals surface area contributed by atoms with Crippen LogP contribution in [0.25, 0.3) is 0 Å². The van der Waals surface area contributed by atoms with Gasteiger partial charge in [-0.2, -0.15) is 0 Å². The van der Waals surface area contributed by atoms with Crippen molar-refractivity contribution in [2.45, 2.75) is 45.2 Å². The molecule has 0 heterocycles. The van der Waals surface area contributed by atoms with Crippen LogP contribution in [0.2, 0.25) is 0 Å². The van der Waals surface area contributed by atoms with E-state index in [4.69, 9.17) is 5.11 Å². The molecule has 0 bridgehead atoms. The lowest BCUT2D eigenvalue weighted by molar-refractivity contribution is -0.137. The fourth-order valence-corrected chi connectivity index (χ4v) is 0.850. The Labute approximate surface area is 66.4 Å². The van der Waals surface area contributed by atoms with Gasteiger partial charge >= 0.3 is 5.97 Å². The zero-order chi connectivity index (χ0) is 8.69. The Morgan fingerprint density at radius 3 is 2.64 bits per heavy atom. The molecule has 66 valence electrons. The van der Waals surface area contributed by atoms with E-state index >= 15 is 0 Å². The third kappa shape index (κ3) is 7.30. The van der Waals surface area contributed by atoms with Crippen molar-refractivity contribution in [3.8, 4) is 0 Å². The number of carboxylic acid groups (broad SMARTS) is 1. The zero-order valence-electron chi connectivity index (χ0n) is 6.85. The summed E-state index contributed by atoms with van der Waals surface area (Å²) in [5, 5.41) is 8.22. The molecule has 0 radical (unpaired) electrons. The standard InChI is InChI=1S/C8H15FO2/c1-2-3-4-7(9)5-6-8(10)11/h7H,2-6H2,1H3,(H,10,11)/i9-1. The van der Waals surface area contributed by atoms with E-state index in [1.807, 2.05) is 6.92 Å². The Morgan fingerprint density at radius 1 is 1.55 bits per heavy atom. The van der Waals surface area contributed by atoms with Crippen LogP contribution < -0.4 is 0 Å². The Kier molecular flexibility index (Phi) is 5.80. The van der Waals surface area contributed by atoms with Crippen LogP contribution >= 0.6 is 0 Å². The van der Waals surface area contributed by atoms with E-state index < -0.39 is 12.1 Å². The molecule has 0 aliphatic carbocycles. The highest BCUT2D eigenvalue weighted by Crippen LogP contribution is 2.10. The van der Waals surface area contributed by atoms with Crippen molar-refractivity contribution in [1.29, 1.82) is 0 Å². The van der Waals surface area contributed by atoms with Crippen LogP contribution in [0, 0.1) is 0 Å². The maximum Gasteiger partial charge on any atom is 0.303 e. The maximum atomic E-state index is 12.7. The average Bonchev–Trinajstić information content (AvgIpc) is 1.97. The van der Waals surface area contributed by atoms with E-state index in [0.717, 1.165) is 12.8 Å². The number of alkyl halides is 1. The molecule has 11 heavy (non-hydrogen) atoms. The number of unbranched alkanes of at least 4 members (excludes halogenated alkanes) is 1. The average molecular weight is 161 g/mol. The lowest BCUT2D eigenvalue weighted by atomic mass is 10.1. The van der Waals surface area contributed by atoms with Crippen molar-refractivity contribution < 1.29 is 14.3 Å². The molecule has 0 aliphatic heterocycles. The molecule has 0 aliphatic rings. The van der Waals surface area contributed by atoms with Gasteiger partial charge in [-0.1, -0.05) is 19.8 Å². The highest BCUT2D eigenvalue weighted by molar-refractivity contribution is 5.66. The second-order valence-corrected chi connectivity index (χ2v) is 2.67. The molecule has 0 fully saturated rings. The first-order chi connectivity index (χ1) is 5.16. The normalized spacial score (nSPS) is 12.9. The summed E-state index contributed by atoms with van der Waals surface area (Å²) in [6.07, 6.45) is 1.50. The van der Waals surface area contributed by atoms with Gasteiger partial charge in [0.1, 0.15) is 6.17 Å². The summed E-state index contributed by atoms with van der Waals surface area (Å²) in [5.74, 6) is -0.913. The number of hydrogen-bond acceptors (Lipinski definition) is 1. The van der Waals surface area contributed by atoms with Crippen LogP contribution in [0.1, 0.15) is 39.0 Å². The van der Waals surface area contributed by atoms with Crippen molar-refractivity contribution in [1.82, 2.24) is 0 Å². The van der Waals surface area contributed by atoms with Gasteiger partial charge in [0.2, 0.25) is 0 Å². The topological polar surface area (TPSA) is 37.3 Å². The van der Waals surface area contributed by atoms with Crippen LogP contribution in [0.4, 0.5) is 4.39 Å². The largest absolute Gasteiger partial charge is 0.481 e. The van der Waals surface area contributed by atoms with Gasteiger partial charge in [-0.05, 0) is 12.8 Å². The second-order valence-electron chi connectivity index (χ2n) is 2.67. The first kappa shape index (κ1) is 10.4. The molecule has 1 atom stereocenters. The van der Waals surface area contributed by atoms with Crippen LogP contribution in [-0.4, -0.2) is 17.2 Å². The molecule has 0 aromatic carbocycles. The predicted molar refractivity (Wildman–Crippen MR) is 41.3 cm³/mol. The summed E-state index contributed by atoms with van der Waals surface area (Å²) in [6, 6.07) is 0. The summed E-state index contributed by atoms with van der Waals surface area (Å²) in [7, 11) is 0. The van der Waals surface area contributed by atoms with Gasteiger partial charge in [0.05, 0.1) is 0 Å². The van der Waals surface area contributed by atoms with Crippen LogP contribution in [0.3, 0.4) is 0 Å². The fourth-order valence-electron chi connectivity index (χ4n) is 0.850. The summed E-state index contributed by atoms with van der Waals surface area (Å²) >= 11 is 0. The van der Waals surface area contributed by atoms with E-state index in [2.05, 4.69) is 0 Å². The molecule has 3 heteroatoms. The van der Waals surface area contributed by atoms with E-state index in [9.17, 15) is 9.18 Å². The van der Waals surface area contributed by atoms with Crippen molar-refractivity contribution in [3.05, 3.63) is 0 Å². The van der Waals surface area contributed by atoms with E-state index in [0.29, 0.717) is 6.42 Å². The van der Waals surface area contributed by atoms with Crippen molar-refractivity contribution in [2.24, 2.45) is 0 Å². The lowest BCUT2D eigenvalue weighted by Crippen LogP contribution is -2.04. The number of carbonyl (C=O) groups is 1. The first-order valence-corrected chi connectivity index (χ1v) is 4.02. The second kappa shape index (κ2) is 6.13. The van der Waals surface area contributed by atoms with E-state index in [1.165, 1.54) is 0 Å². The number of aliphatic carboxylic acids is 1. The Morgan fingerprint density at radius 2 is 2.18 bits per heavy atom. The lowest BCUT2D eigenvalue weighted by Gasteiger charge is -2.03. The maximum absolute atomic E-state index is 12.7. The van der Waals surface area contributed by atoms with Crippen LogP contribution in [-0.2, 0) is 4.79 Å². The first-order valence-electron chi connectivity index (χ1n) is 4.02. The van der Waals surface area contributed by atoms with E-state index in [1.54, 1.807) is 0 Å². The quantitative estimate of drug-likeness (QED) is 0.649. The SMILES string of the molecule is CCCCC([18F])CCC(=O)O. The Bertz CT molecular complexity index is 115. The van der Waals surface area contributed by atoms with E-state index in [-0.39, 0.29) is 12.8 Å². The number of carboxylic acids is 1. The van der Waals surface area contributed by atoms with Gasteiger partial charge in [-0.15, -0.1) is 0 Å². The highest BCUT2D eigenvalue weighted by Gasteiger charge is 2.07. The molecule has 0 aromatic heterocycles. The predicted octanol–water partition coefficient (Wildman–Crippen LogP) is 2.38. The van der Waals surface area contributed by atoms with Crippen molar-refractivity contribution in [3.63, 3.8) is 0 Å². The summed E-state index contributed by atoms with van der Waals surface area (Å²) < 4.78 is 12.7. The monoisotopic (exact) mass is 161 g/mol. The van der Waals surface area contributed by atoms with Crippen molar-refractivity contribution >= 4 is 5.97 Å². The Balaban J connectivity index is 3.22. The molecule has 0 amide bonds. The minimum absolute atomic E-state index is 0.0507. The van der Waals surface area contributed by atoms with Gasteiger partial charge in [-0.3, -0.25) is 4.79 Å². The molecule has 1 N–H and O–H groups in total. The summed E-state index contributed by atoms with van der Waals surface area (Å²) in [6.45, 7) is 1.99. The van der Waals surface area contributed by atoms with Gasteiger partial charge in [0, 0.05) is 6.42 Å². The number of hydrogen-bond donors (Lipinski definition) is 1. The summed E-state index contributed by atoms with van der Waals surface area (Å²) in [5.41, 5.74) is 0. The molecule has 2 nitrogen and oxygen atoms in total. The van der Waals surface area contributed by atoms with Crippen LogP contribution in [0.5, 0.6) is 0 Å². The fraction of sp³-hybridized carbons (Fsp3) is 0.875. The molecule has 0 aromatic rings. The van der Waals surface area contributed by atoms with Crippen LogP contribution in [0.15, 0.2) is 0 Å². The van der Waals surface area contributed by atoms with Gasteiger partial charge < -0.3 is 5.11 Å². The molecule has 0 saturated heterocycles. The molecular formula is C8H15FO2. The number of rotatable bonds is 6. The van der Waals surface area contributed by atoms with Gasteiger partial charge in [-0.25, -0.2) is 4.39 Å². The minimum Gasteiger partial charge on any atom is -0.481 e. The third-order valence-electron chi connectivity index (χ3n) is 1.54. The van der Waals surface area contributed by atoms with Crippen molar-refractivity contribution in [2.75, 3.05) is 0 Å². The molecule has 0 spiro atoms. The smallest absolute Gasteiger partial charge is 0.303 e. The third-order valence-corrected chi connectivity index (χ3v) is 1.54.